The van der Waals surface area contributed by atoms with Crippen LogP contribution in [-0.4, -0.2) is 28.9 Å². The minimum atomic E-state index is -1.39. The van der Waals surface area contributed by atoms with Gasteiger partial charge in [0, 0.05) is 11.3 Å². The lowest BCUT2D eigenvalue weighted by Gasteiger charge is -2.22. The molecule has 1 aliphatic heterocycles. The Hall–Kier alpha value is -3.93. The van der Waals surface area contributed by atoms with Crippen LogP contribution in [0.25, 0.3) is 0 Å². The van der Waals surface area contributed by atoms with Crippen LogP contribution in [0.5, 0.6) is 0 Å². The number of aliphatic carboxylic acids is 1. The minimum absolute atomic E-state index is 0.331. The van der Waals surface area contributed by atoms with E-state index in [1.165, 1.54) is 0 Å². The zero-order valence-electron chi connectivity index (χ0n) is 17.9. The van der Waals surface area contributed by atoms with Gasteiger partial charge in [-0.15, -0.1) is 0 Å². The lowest BCUT2D eigenvalue weighted by Crippen LogP contribution is -2.48. The molecule has 1 aliphatic rings. The molecule has 0 aliphatic carbocycles. The predicted octanol–water partition coefficient (Wildman–Crippen LogP) is 3.82. The van der Waals surface area contributed by atoms with Crippen LogP contribution in [0.2, 0.25) is 0 Å². The average Bonchev–Trinajstić information content (AvgIpc) is 3.05. The van der Waals surface area contributed by atoms with E-state index in [0.717, 1.165) is 16.7 Å². The van der Waals surface area contributed by atoms with Crippen molar-refractivity contribution in [2.24, 2.45) is 0 Å². The van der Waals surface area contributed by atoms with Crippen molar-refractivity contribution in [2.45, 2.75) is 32.4 Å². The maximum Gasteiger partial charge on any atom is 0.327 e. The number of anilines is 1. The van der Waals surface area contributed by atoms with Gasteiger partial charge in [0.05, 0.1) is 12.5 Å². The van der Waals surface area contributed by atoms with Gasteiger partial charge in [-0.05, 0) is 48.7 Å². The van der Waals surface area contributed by atoms with E-state index >= 15 is 0 Å². The van der Waals surface area contributed by atoms with Crippen molar-refractivity contribution in [2.75, 3.05) is 4.90 Å². The maximum atomic E-state index is 13.5. The van der Waals surface area contributed by atoms with E-state index in [-0.39, 0.29) is 5.91 Å². The van der Waals surface area contributed by atoms with Gasteiger partial charge in [0.15, 0.2) is 0 Å². The van der Waals surface area contributed by atoms with Crippen LogP contribution >= 0.6 is 0 Å². The highest BCUT2D eigenvalue weighted by atomic mass is 16.4. The van der Waals surface area contributed by atoms with Gasteiger partial charge in [0.25, 0.3) is 5.91 Å². The molecule has 32 heavy (non-hydrogen) atoms. The molecule has 0 bridgehead atoms. The summed E-state index contributed by atoms with van der Waals surface area (Å²) < 4.78 is 0. The number of benzene rings is 3. The first-order valence-electron chi connectivity index (χ1n) is 10.4. The van der Waals surface area contributed by atoms with Crippen molar-refractivity contribution in [1.29, 1.82) is 0 Å². The molecule has 0 saturated heterocycles. The summed E-state index contributed by atoms with van der Waals surface area (Å²) in [5.41, 5.74) is 4.63. The molecule has 4 rings (SSSR count). The Morgan fingerprint density at radius 2 is 1.62 bits per heavy atom. The third kappa shape index (κ3) is 3.99. The van der Waals surface area contributed by atoms with Gasteiger partial charge in [-0.3, -0.25) is 9.59 Å². The topological polar surface area (TPSA) is 86.7 Å². The Labute approximate surface area is 186 Å². The second kappa shape index (κ2) is 8.67. The monoisotopic (exact) mass is 428 g/mol. The number of aryl methyl sites for hydroxylation is 2. The molecule has 2 N–H and O–H groups in total. The smallest absolute Gasteiger partial charge is 0.327 e. The van der Waals surface area contributed by atoms with Crippen LogP contribution in [0.15, 0.2) is 72.8 Å². The Balaban J connectivity index is 1.67. The highest BCUT2D eigenvalue weighted by Gasteiger charge is 2.45. The quantitative estimate of drug-likeness (QED) is 0.625. The summed E-state index contributed by atoms with van der Waals surface area (Å²) in [6.07, 6.45) is 0. The van der Waals surface area contributed by atoms with E-state index in [4.69, 9.17) is 0 Å². The van der Waals surface area contributed by atoms with Crippen LogP contribution in [0.4, 0.5) is 5.69 Å². The molecule has 0 radical (unpaired) electrons. The van der Waals surface area contributed by atoms with Gasteiger partial charge in [-0.2, -0.15) is 0 Å². The Bertz CT molecular complexity index is 1190. The van der Waals surface area contributed by atoms with E-state index in [1.54, 1.807) is 41.3 Å². The number of hydrogen-bond acceptors (Lipinski definition) is 3. The number of amides is 2. The second-order valence-electron chi connectivity index (χ2n) is 8.04. The summed E-state index contributed by atoms with van der Waals surface area (Å²) in [7, 11) is 0. The summed E-state index contributed by atoms with van der Waals surface area (Å²) in [6, 6.07) is 20.4. The number of hydrogen-bond donors (Lipinski definition) is 2. The van der Waals surface area contributed by atoms with Crippen LogP contribution in [-0.2, 0) is 16.1 Å². The number of carboxylic acids is 1. The Morgan fingerprint density at radius 3 is 2.31 bits per heavy atom. The standard InChI is InChI=1S/C26H24N2O4/c1-16-11-13-18(14-12-16)24(29)27-23(26(31)32)22-20-9-5-6-10-21(20)28(25(22)30)15-19-8-4-3-7-17(19)2/h3-14,22-23H,15H2,1-2H3,(H,27,29)(H,31,32). The molecule has 0 spiro atoms. The SMILES string of the molecule is Cc1ccc(C(=O)NC(C(=O)O)C2C(=O)N(Cc3ccccc3C)c3ccccc32)cc1. The zero-order valence-corrected chi connectivity index (χ0v) is 17.9. The van der Waals surface area contributed by atoms with Gasteiger partial charge < -0.3 is 15.3 Å². The highest BCUT2D eigenvalue weighted by Crippen LogP contribution is 2.40. The normalized spacial score (nSPS) is 15.9. The van der Waals surface area contributed by atoms with Gasteiger partial charge in [0.1, 0.15) is 6.04 Å². The molecule has 1 heterocycles. The van der Waals surface area contributed by atoms with E-state index in [9.17, 15) is 19.5 Å². The molecule has 6 nitrogen and oxygen atoms in total. The molecule has 0 aromatic heterocycles. The summed E-state index contributed by atoms with van der Waals surface area (Å²) in [6.45, 7) is 4.21. The first-order chi connectivity index (χ1) is 15.4. The number of nitrogens with zero attached hydrogens (tertiary/aromatic N) is 1. The van der Waals surface area contributed by atoms with Gasteiger partial charge in [0.2, 0.25) is 5.91 Å². The summed E-state index contributed by atoms with van der Waals surface area (Å²) >= 11 is 0. The van der Waals surface area contributed by atoms with E-state index < -0.39 is 23.8 Å². The zero-order chi connectivity index (χ0) is 22.8. The van der Waals surface area contributed by atoms with Gasteiger partial charge >= 0.3 is 5.97 Å². The van der Waals surface area contributed by atoms with Crippen LogP contribution in [0.3, 0.4) is 0 Å². The highest BCUT2D eigenvalue weighted by molar-refractivity contribution is 6.09. The Kier molecular flexibility index (Phi) is 5.77. The van der Waals surface area contributed by atoms with Crippen LogP contribution < -0.4 is 10.2 Å². The van der Waals surface area contributed by atoms with Crippen molar-refractivity contribution >= 4 is 23.5 Å². The average molecular weight is 428 g/mol. The molecular formula is C26H24N2O4. The molecule has 162 valence electrons. The molecule has 6 heteroatoms. The van der Waals surface area contributed by atoms with Crippen molar-refractivity contribution in [1.82, 2.24) is 5.32 Å². The fraction of sp³-hybridized carbons (Fsp3) is 0.192. The summed E-state index contributed by atoms with van der Waals surface area (Å²) in [5, 5.41) is 12.5. The largest absolute Gasteiger partial charge is 0.480 e. The first kappa shape index (κ1) is 21.3. The lowest BCUT2D eigenvalue weighted by molar-refractivity contribution is -0.141. The molecular weight excluding hydrogens is 404 g/mol. The molecule has 2 amide bonds. The maximum absolute atomic E-state index is 13.5. The molecule has 2 atom stereocenters. The number of rotatable bonds is 6. The summed E-state index contributed by atoms with van der Waals surface area (Å²) in [4.78, 5) is 40.1. The Morgan fingerprint density at radius 1 is 0.969 bits per heavy atom. The fourth-order valence-corrected chi connectivity index (χ4v) is 4.08. The number of para-hydroxylation sites is 1. The third-order valence-electron chi connectivity index (χ3n) is 5.88. The molecule has 3 aromatic carbocycles. The molecule has 2 unspecified atom stereocenters. The van der Waals surface area contributed by atoms with Crippen LogP contribution in [0.1, 0.15) is 38.5 Å². The lowest BCUT2D eigenvalue weighted by atomic mass is 9.92. The van der Waals surface area contributed by atoms with E-state index in [2.05, 4.69) is 5.32 Å². The molecule has 0 saturated carbocycles. The van der Waals surface area contributed by atoms with Gasteiger partial charge in [-0.25, -0.2) is 4.79 Å². The van der Waals surface area contributed by atoms with Crippen molar-refractivity contribution in [3.63, 3.8) is 0 Å². The molecule has 0 fully saturated rings. The molecule has 3 aromatic rings. The van der Waals surface area contributed by atoms with Crippen molar-refractivity contribution in [3.8, 4) is 0 Å². The van der Waals surface area contributed by atoms with Crippen molar-refractivity contribution in [3.05, 3.63) is 101 Å². The number of carboxylic acid groups (broad SMARTS) is 1. The first-order valence-corrected chi connectivity index (χ1v) is 10.4. The van der Waals surface area contributed by atoms with Crippen molar-refractivity contribution < 1.29 is 19.5 Å². The van der Waals surface area contributed by atoms with E-state index in [1.807, 2.05) is 50.2 Å². The number of carbonyl (C=O) groups excluding carboxylic acids is 2. The third-order valence-corrected chi connectivity index (χ3v) is 5.88. The van der Waals surface area contributed by atoms with Crippen LogP contribution in [0, 0.1) is 13.8 Å². The number of nitrogens with one attached hydrogen (secondary N) is 1. The predicted molar refractivity (Wildman–Crippen MR) is 122 cm³/mol. The number of fused-ring (bicyclic) bond motifs is 1. The van der Waals surface area contributed by atoms with Gasteiger partial charge in [-0.1, -0.05) is 60.2 Å². The number of carbonyl (C=O) groups is 3. The fourth-order valence-electron chi connectivity index (χ4n) is 4.08. The summed E-state index contributed by atoms with van der Waals surface area (Å²) in [5.74, 6) is -3.13. The van der Waals surface area contributed by atoms with E-state index in [0.29, 0.717) is 23.4 Å². The minimum Gasteiger partial charge on any atom is -0.480 e. The second-order valence-corrected chi connectivity index (χ2v) is 8.04.